The van der Waals surface area contributed by atoms with Crippen molar-refractivity contribution in [3.8, 4) is 0 Å². The van der Waals surface area contributed by atoms with Crippen molar-refractivity contribution >= 4 is 22.3 Å². The number of hydrogen-bond donors (Lipinski definition) is 2. The van der Waals surface area contributed by atoms with E-state index in [9.17, 15) is 5.11 Å². The Bertz CT molecular complexity index is 595. The first-order valence-corrected chi connectivity index (χ1v) is 6.17. The summed E-state index contributed by atoms with van der Waals surface area (Å²) in [4.78, 5) is 6.49. The second kappa shape index (κ2) is 3.85. The molecule has 1 saturated heterocycles. The molecular weight excluding hydrogens is 226 g/mol. The molecule has 0 spiro atoms. The lowest BCUT2D eigenvalue weighted by Gasteiger charge is -2.23. The van der Waals surface area contributed by atoms with E-state index in [2.05, 4.69) is 9.88 Å². The van der Waals surface area contributed by atoms with Gasteiger partial charge in [-0.1, -0.05) is 18.2 Å². The van der Waals surface area contributed by atoms with E-state index >= 15 is 0 Å². The molecule has 94 valence electrons. The van der Waals surface area contributed by atoms with E-state index in [4.69, 9.17) is 5.73 Å². The molecule has 0 radical (unpaired) electrons. The summed E-state index contributed by atoms with van der Waals surface area (Å²) in [5.41, 5.74) is 8.05. The second-order valence-corrected chi connectivity index (χ2v) is 5.25. The second-order valence-electron chi connectivity index (χ2n) is 5.25. The number of nitrogens with zero attached hydrogens (tertiary/aromatic N) is 2. The molecule has 1 aromatic heterocycles. The van der Waals surface area contributed by atoms with Crippen molar-refractivity contribution in [2.45, 2.75) is 18.9 Å². The third-order valence-corrected chi connectivity index (χ3v) is 3.54. The summed E-state index contributed by atoms with van der Waals surface area (Å²) in [5, 5.41) is 11.1. The average molecular weight is 243 g/mol. The highest BCUT2D eigenvalue weighted by Crippen LogP contribution is 2.35. The first-order chi connectivity index (χ1) is 8.57. The first-order valence-electron chi connectivity index (χ1n) is 6.17. The summed E-state index contributed by atoms with van der Waals surface area (Å²) >= 11 is 0. The maximum absolute atomic E-state index is 10.1. The molecule has 0 aliphatic carbocycles. The number of para-hydroxylation sites is 1. The van der Waals surface area contributed by atoms with Crippen LogP contribution in [0.5, 0.6) is 0 Å². The van der Waals surface area contributed by atoms with Gasteiger partial charge in [-0.25, -0.2) is 0 Å². The number of anilines is 2. The molecule has 3 N–H and O–H groups in total. The van der Waals surface area contributed by atoms with Crippen molar-refractivity contribution in [3.63, 3.8) is 0 Å². The van der Waals surface area contributed by atoms with Gasteiger partial charge in [0.25, 0.3) is 0 Å². The smallest absolute Gasteiger partial charge is 0.0810 e. The van der Waals surface area contributed by atoms with Crippen molar-refractivity contribution in [1.29, 1.82) is 0 Å². The van der Waals surface area contributed by atoms with Gasteiger partial charge in [-0.2, -0.15) is 0 Å². The van der Waals surface area contributed by atoms with Crippen LogP contribution < -0.4 is 10.6 Å². The van der Waals surface area contributed by atoms with Crippen molar-refractivity contribution in [2.75, 3.05) is 23.7 Å². The van der Waals surface area contributed by atoms with Crippen LogP contribution in [0.15, 0.2) is 30.5 Å². The number of fused-ring (bicyclic) bond motifs is 1. The van der Waals surface area contributed by atoms with Gasteiger partial charge in [-0.15, -0.1) is 0 Å². The number of nitrogens with two attached hydrogens (primary N) is 1. The monoisotopic (exact) mass is 243 g/mol. The van der Waals surface area contributed by atoms with Crippen LogP contribution in [0.2, 0.25) is 0 Å². The molecule has 0 bridgehead atoms. The Morgan fingerprint density at radius 2 is 2.17 bits per heavy atom. The highest BCUT2D eigenvalue weighted by Gasteiger charge is 2.32. The van der Waals surface area contributed by atoms with Crippen molar-refractivity contribution in [2.24, 2.45) is 0 Å². The Kier molecular flexibility index (Phi) is 2.41. The largest absolute Gasteiger partial charge is 0.396 e. The van der Waals surface area contributed by atoms with Crippen molar-refractivity contribution in [3.05, 3.63) is 30.5 Å². The molecule has 1 aliphatic rings. The predicted octanol–water partition coefficient (Wildman–Crippen LogP) is 1.78. The summed E-state index contributed by atoms with van der Waals surface area (Å²) in [6.45, 7) is 3.31. The number of β-amino-alcohol motifs (C(OH)–C–C–N with tert-alkyl or cyclic N) is 1. The van der Waals surface area contributed by atoms with E-state index in [-0.39, 0.29) is 0 Å². The van der Waals surface area contributed by atoms with E-state index in [0.29, 0.717) is 12.2 Å². The van der Waals surface area contributed by atoms with E-state index in [1.807, 2.05) is 31.2 Å². The fourth-order valence-corrected chi connectivity index (χ4v) is 2.63. The van der Waals surface area contributed by atoms with Crippen LogP contribution in [0, 0.1) is 0 Å². The van der Waals surface area contributed by atoms with Gasteiger partial charge in [0.2, 0.25) is 0 Å². The molecular formula is C14H17N3O. The molecule has 0 saturated carbocycles. The van der Waals surface area contributed by atoms with Crippen LogP contribution >= 0.6 is 0 Å². The zero-order valence-electron chi connectivity index (χ0n) is 10.4. The van der Waals surface area contributed by atoms with Gasteiger partial charge in [-0.3, -0.25) is 4.98 Å². The summed E-state index contributed by atoms with van der Waals surface area (Å²) < 4.78 is 0. The van der Waals surface area contributed by atoms with Crippen molar-refractivity contribution < 1.29 is 5.11 Å². The molecule has 2 aromatic rings. The van der Waals surface area contributed by atoms with E-state index < -0.39 is 5.60 Å². The van der Waals surface area contributed by atoms with Gasteiger partial charge in [-0.05, 0) is 19.4 Å². The van der Waals surface area contributed by atoms with Crippen molar-refractivity contribution in [1.82, 2.24) is 4.98 Å². The normalized spacial score (nSPS) is 23.8. The van der Waals surface area contributed by atoms with Crippen LogP contribution in [0.4, 0.5) is 11.4 Å². The van der Waals surface area contributed by atoms with Gasteiger partial charge in [0.05, 0.1) is 28.7 Å². The lowest BCUT2D eigenvalue weighted by molar-refractivity contribution is 0.0839. The lowest BCUT2D eigenvalue weighted by atomic mass is 10.1. The minimum absolute atomic E-state index is 0.616. The van der Waals surface area contributed by atoms with Gasteiger partial charge in [0, 0.05) is 18.5 Å². The maximum atomic E-state index is 10.1. The zero-order chi connectivity index (χ0) is 12.8. The summed E-state index contributed by atoms with van der Waals surface area (Å²) in [6.07, 6.45) is 2.47. The number of rotatable bonds is 1. The van der Waals surface area contributed by atoms with E-state index in [1.54, 1.807) is 6.20 Å². The molecule has 18 heavy (non-hydrogen) atoms. The fraction of sp³-hybridized carbons (Fsp3) is 0.357. The van der Waals surface area contributed by atoms with Crippen LogP contribution in [0.3, 0.4) is 0 Å². The number of benzene rings is 1. The van der Waals surface area contributed by atoms with Crippen LogP contribution in [-0.2, 0) is 0 Å². The number of nitrogen functional groups attached to an aromatic ring is 1. The Labute approximate surface area is 106 Å². The molecule has 1 atom stereocenters. The number of aliphatic hydroxyl groups is 1. The topological polar surface area (TPSA) is 62.4 Å². The minimum Gasteiger partial charge on any atom is -0.396 e. The Balaban J connectivity index is 2.14. The molecule has 1 aromatic carbocycles. The SMILES string of the molecule is CC1(O)CCN(c2c(N)cnc3ccccc23)C1. The maximum Gasteiger partial charge on any atom is 0.0810 e. The van der Waals surface area contributed by atoms with Crippen LogP contribution in [-0.4, -0.2) is 28.8 Å². The lowest BCUT2D eigenvalue weighted by Crippen LogP contribution is -2.30. The van der Waals surface area contributed by atoms with Gasteiger partial charge >= 0.3 is 0 Å². The predicted molar refractivity (Wildman–Crippen MR) is 73.6 cm³/mol. The van der Waals surface area contributed by atoms with Gasteiger partial charge < -0.3 is 15.7 Å². The molecule has 1 unspecified atom stereocenters. The van der Waals surface area contributed by atoms with E-state index in [1.165, 1.54) is 0 Å². The van der Waals surface area contributed by atoms with Crippen LogP contribution in [0.25, 0.3) is 10.9 Å². The van der Waals surface area contributed by atoms with Gasteiger partial charge in [0.15, 0.2) is 0 Å². The summed E-state index contributed by atoms with van der Waals surface area (Å²) in [5.74, 6) is 0. The Hall–Kier alpha value is -1.81. The standard InChI is InChI=1S/C14H17N3O/c1-14(18)6-7-17(9-14)13-10-4-2-3-5-12(10)16-8-11(13)15/h2-5,8,18H,6-7,9,15H2,1H3. The average Bonchev–Trinajstić information content (AvgIpc) is 2.69. The third-order valence-electron chi connectivity index (χ3n) is 3.54. The molecule has 2 heterocycles. The first kappa shape index (κ1) is 11.3. The number of pyridine rings is 1. The van der Waals surface area contributed by atoms with Crippen LogP contribution in [0.1, 0.15) is 13.3 Å². The fourth-order valence-electron chi connectivity index (χ4n) is 2.63. The number of hydrogen-bond acceptors (Lipinski definition) is 4. The molecule has 3 rings (SSSR count). The highest BCUT2D eigenvalue weighted by atomic mass is 16.3. The molecule has 0 amide bonds. The zero-order valence-corrected chi connectivity index (χ0v) is 10.4. The summed E-state index contributed by atoms with van der Waals surface area (Å²) in [6, 6.07) is 7.96. The molecule has 4 nitrogen and oxygen atoms in total. The van der Waals surface area contributed by atoms with E-state index in [0.717, 1.165) is 29.6 Å². The Morgan fingerprint density at radius 3 is 2.89 bits per heavy atom. The third kappa shape index (κ3) is 1.78. The summed E-state index contributed by atoms with van der Waals surface area (Å²) in [7, 11) is 0. The minimum atomic E-state index is -0.628. The number of aromatic nitrogens is 1. The molecule has 1 aliphatic heterocycles. The van der Waals surface area contributed by atoms with Gasteiger partial charge in [0.1, 0.15) is 0 Å². The Morgan fingerprint density at radius 1 is 1.39 bits per heavy atom. The highest BCUT2D eigenvalue weighted by molar-refractivity contribution is 5.97. The molecule has 1 fully saturated rings. The quantitative estimate of drug-likeness (QED) is 0.801. The molecule has 4 heteroatoms.